The van der Waals surface area contributed by atoms with Crippen molar-refractivity contribution in [2.75, 3.05) is 4.90 Å². The molecule has 0 radical (unpaired) electrons. The molecule has 9 rings (SSSR count). The minimum Gasteiger partial charge on any atom is -0.310 e. The molecule has 54 heavy (non-hydrogen) atoms. The van der Waals surface area contributed by atoms with Crippen molar-refractivity contribution in [1.29, 1.82) is 0 Å². The number of nitrogens with zero attached hydrogens (tertiary/aromatic N) is 1. The van der Waals surface area contributed by atoms with Crippen molar-refractivity contribution >= 4 is 17.1 Å². The van der Waals surface area contributed by atoms with Crippen LogP contribution in [0.3, 0.4) is 0 Å². The Balaban J connectivity index is 1.23. The third kappa shape index (κ3) is 5.83. The van der Waals surface area contributed by atoms with E-state index in [0.29, 0.717) is 0 Å². The van der Waals surface area contributed by atoms with Gasteiger partial charge in [0.2, 0.25) is 0 Å². The van der Waals surface area contributed by atoms with E-state index < -0.39 is 0 Å². The number of fused-ring (bicyclic) bond motifs is 3. The van der Waals surface area contributed by atoms with Gasteiger partial charge in [-0.3, -0.25) is 0 Å². The first kappa shape index (κ1) is 33.4. The van der Waals surface area contributed by atoms with Crippen LogP contribution in [0.2, 0.25) is 0 Å². The first-order chi connectivity index (χ1) is 26.4. The van der Waals surface area contributed by atoms with Gasteiger partial charge in [-0.1, -0.05) is 166 Å². The average Bonchev–Trinajstić information content (AvgIpc) is 3.45. The van der Waals surface area contributed by atoms with Crippen LogP contribution in [0.5, 0.6) is 0 Å². The smallest absolute Gasteiger partial charge is 0.0546 e. The molecule has 0 amide bonds. The topological polar surface area (TPSA) is 3.24 Å². The lowest BCUT2D eigenvalue weighted by Gasteiger charge is -2.30. The van der Waals surface area contributed by atoms with Gasteiger partial charge in [-0.2, -0.15) is 0 Å². The molecule has 0 aliphatic heterocycles. The first-order valence-electron chi connectivity index (χ1n) is 18.9. The quantitative estimate of drug-likeness (QED) is 0.161. The molecule has 1 aliphatic carbocycles. The van der Waals surface area contributed by atoms with Gasteiger partial charge in [0, 0.05) is 22.4 Å². The Bertz CT molecular complexity index is 2630. The van der Waals surface area contributed by atoms with Crippen LogP contribution < -0.4 is 4.90 Å². The van der Waals surface area contributed by atoms with Crippen molar-refractivity contribution in [3.05, 3.63) is 210 Å². The van der Waals surface area contributed by atoms with E-state index in [9.17, 15) is 0 Å². The van der Waals surface area contributed by atoms with Crippen LogP contribution in [-0.4, -0.2) is 0 Å². The van der Waals surface area contributed by atoms with Crippen LogP contribution >= 0.6 is 0 Å². The van der Waals surface area contributed by atoms with E-state index in [1.54, 1.807) is 0 Å². The highest BCUT2D eigenvalue weighted by atomic mass is 15.1. The molecule has 0 spiro atoms. The third-order valence-electron chi connectivity index (χ3n) is 11.4. The van der Waals surface area contributed by atoms with E-state index in [0.717, 1.165) is 17.1 Å². The summed E-state index contributed by atoms with van der Waals surface area (Å²) in [6.07, 6.45) is 0. The van der Waals surface area contributed by atoms with Gasteiger partial charge in [-0.15, -0.1) is 0 Å². The highest BCUT2D eigenvalue weighted by Crippen LogP contribution is 2.51. The minimum atomic E-state index is -0.119. The van der Waals surface area contributed by atoms with Crippen LogP contribution in [0.4, 0.5) is 17.1 Å². The Labute approximate surface area is 319 Å². The molecule has 0 bridgehead atoms. The summed E-state index contributed by atoms with van der Waals surface area (Å²) < 4.78 is 0. The molecule has 0 saturated carbocycles. The van der Waals surface area contributed by atoms with E-state index >= 15 is 0 Å². The zero-order valence-electron chi connectivity index (χ0n) is 31.3. The van der Waals surface area contributed by atoms with Crippen molar-refractivity contribution < 1.29 is 0 Å². The second kappa shape index (κ2) is 13.5. The lowest BCUT2D eigenvalue weighted by molar-refractivity contribution is 0.660. The van der Waals surface area contributed by atoms with E-state index in [1.807, 2.05) is 0 Å². The van der Waals surface area contributed by atoms with Gasteiger partial charge >= 0.3 is 0 Å². The second-order valence-electron chi connectivity index (χ2n) is 15.1. The molecule has 8 aromatic carbocycles. The molecule has 1 aliphatic rings. The molecular weight excluding hydrogens is 651 g/mol. The standard InChI is InChI=1S/C53H43N/c1-36-15-11-12-20-45(36)49-33-41(24-23-37(49)2)39-25-28-43(29-26-39)54(44-30-32-48-47-21-13-14-22-50(47)53(3,4)51(48)35-44)52-34-42(38-16-7-5-8-17-38)27-31-46(52)40-18-9-6-10-19-40/h5-35H,1-4H3. The largest absolute Gasteiger partial charge is 0.310 e. The molecule has 0 heterocycles. The van der Waals surface area contributed by atoms with Crippen molar-refractivity contribution in [2.24, 2.45) is 0 Å². The zero-order valence-corrected chi connectivity index (χ0v) is 31.3. The van der Waals surface area contributed by atoms with E-state index in [-0.39, 0.29) is 5.41 Å². The highest BCUT2D eigenvalue weighted by Gasteiger charge is 2.36. The van der Waals surface area contributed by atoms with Gasteiger partial charge in [0.15, 0.2) is 0 Å². The predicted octanol–water partition coefficient (Wildman–Crippen LogP) is 14.7. The monoisotopic (exact) mass is 693 g/mol. The summed E-state index contributed by atoms with van der Waals surface area (Å²) in [4.78, 5) is 2.46. The molecule has 8 aromatic rings. The average molecular weight is 694 g/mol. The SMILES string of the molecule is Cc1ccccc1-c1cc(-c2ccc(N(c3ccc4c(c3)C(C)(C)c3ccccc3-4)c3cc(-c4ccccc4)ccc3-c3ccccc3)cc2)ccc1C. The van der Waals surface area contributed by atoms with Gasteiger partial charge in [0.05, 0.1) is 5.69 Å². The summed E-state index contributed by atoms with van der Waals surface area (Å²) in [5.74, 6) is 0. The fraction of sp³-hybridized carbons (Fsp3) is 0.0943. The van der Waals surface area contributed by atoms with E-state index in [1.165, 1.54) is 77.9 Å². The molecule has 0 atom stereocenters. The summed E-state index contributed by atoms with van der Waals surface area (Å²) in [6.45, 7) is 9.12. The van der Waals surface area contributed by atoms with Gasteiger partial charge in [0.25, 0.3) is 0 Å². The summed E-state index contributed by atoms with van der Waals surface area (Å²) in [6, 6.07) is 69.0. The van der Waals surface area contributed by atoms with Crippen LogP contribution in [0.25, 0.3) is 55.6 Å². The van der Waals surface area contributed by atoms with Crippen molar-refractivity contribution in [1.82, 2.24) is 0 Å². The fourth-order valence-corrected chi connectivity index (χ4v) is 8.42. The lowest BCUT2D eigenvalue weighted by Crippen LogP contribution is -2.17. The predicted molar refractivity (Wildman–Crippen MR) is 230 cm³/mol. The Morgan fingerprint density at radius 2 is 0.852 bits per heavy atom. The summed E-state index contributed by atoms with van der Waals surface area (Å²) in [5, 5.41) is 0. The second-order valence-corrected chi connectivity index (χ2v) is 15.1. The van der Waals surface area contributed by atoms with Crippen LogP contribution in [0.1, 0.15) is 36.1 Å². The number of hydrogen-bond donors (Lipinski definition) is 0. The maximum atomic E-state index is 2.46. The molecule has 0 fully saturated rings. The summed E-state index contributed by atoms with van der Waals surface area (Å²) in [7, 11) is 0. The maximum Gasteiger partial charge on any atom is 0.0546 e. The lowest BCUT2D eigenvalue weighted by atomic mass is 9.82. The van der Waals surface area contributed by atoms with E-state index in [2.05, 4.69) is 221 Å². The Hall–Kier alpha value is -6.44. The Morgan fingerprint density at radius 3 is 1.59 bits per heavy atom. The number of anilines is 3. The van der Waals surface area contributed by atoms with Crippen molar-refractivity contribution in [2.45, 2.75) is 33.1 Å². The van der Waals surface area contributed by atoms with Crippen molar-refractivity contribution in [3.63, 3.8) is 0 Å². The van der Waals surface area contributed by atoms with Gasteiger partial charge in [-0.25, -0.2) is 0 Å². The third-order valence-corrected chi connectivity index (χ3v) is 11.4. The van der Waals surface area contributed by atoms with Crippen LogP contribution in [0, 0.1) is 13.8 Å². The maximum absolute atomic E-state index is 2.46. The molecule has 0 saturated heterocycles. The summed E-state index contributed by atoms with van der Waals surface area (Å²) in [5.41, 5.74) is 21.0. The molecular formula is C53H43N. The van der Waals surface area contributed by atoms with Gasteiger partial charge in [-0.05, 0) is 123 Å². The normalized spacial score (nSPS) is 12.6. The molecule has 0 unspecified atom stereocenters. The summed E-state index contributed by atoms with van der Waals surface area (Å²) >= 11 is 0. The number of benzene rings is 8. The molecule has 0 N–H and O–H groups in total. The number of aryl methyl sites for hydroxylation is 2. The Morgan fingerprint density at radius 1 is 0.333 bits per heavy atom. The van der Waals surface area contributed by atoms with Crippen molar-refractivity contribution in [3.8, 4) is 55.6 Å². The molecule has 260 valence electrons. The minimum absolute atomic E-state index is 0.119. The Kier molecular flexibility index (Phi) is 8.36. The van der Waals surface area contributed by atoms with Crippen LogP contribution in [0.15, 0.2) is 188 Å². The highest BCUT2D eigenvalue weighted by molar-refractivity contribution is 5.93. The van der Waals surface area contributed by atoms with Gasteiger partial charge < -0.3 is 4.90 Å². The van der Waals surface area contributed by atoms with Gasteiger partial charge in [0.1, 0.15) is 0 Å². The van der Waals surface area contributed by atoms with Crippen LogP contribution in [-0.2, 0) is 5.41 Å². The number of rotatable bonds is 7. The number of hydrogen-bond acceptors (Lipinski definition) is 1. The first-order valence-corrected chi connectivity index (χ1v) is 18.9. The van der Waals surface area contributed by atoms with E-state index in [4.69, 9.17) is 0 Å². The molecule has 0 aromatic heterocycles. The molecule has 1 nitrogen and oxygen atoms in total. The fourth-order valence-electron chi connectivity index (χ4n) is 8.42. The zero-order chi connectivity index (χ0) is 36.8. The molecule has 1 heteroatoms.